The summed E-state index contributed by atoms with van der Waals surface area (Å²) in [4.78, 5) is 9.01. The predicted octanol–water partition coefficient (Wildman–Crippen LogP) is 6.88. The number of rotatable bonds is 4. The van der Waals surface area contributed by atoms with Crippen molar-refractivity contribution in [2.24, 2.45) is 9.98 Å². The van der Waals surface area contributed by atoms with Crippen molar-refractivity contribution in [1.29, 1.82) is 0 Å². The third-order valence-electron chi connectivity index (χ3n) is 3.21. The molecule has 0 bridgehead atoms. The van der Waals surface area contributed by atoms with Gasteiger partial charge < -0.3 is 0 Å². The Morgan fingerprint density at radius 3 is 1.24 bits per heavy atom. The normalized spacial score (nSPS) is 10.8. The van der Waals surface area contributed by atoms with E-state index in [0.29, 0.717) is 0 Å². The summed E-state index contributed by atoms with van der Waals surface area (Å²) >= 11 is 7.12. The number of hydrogen-bond acceptors (Lipinski definition) is 2. The monoisotopic (exact) mass is 501 g/mol. The van der Waals surface area contributed by atoms with Crippen LogP contribution in [0.5, 0.6) is 0 Å². The quantitative estimate of drug-likeness (QED) is 0.347. The van der Waals surface area contributed by atoms with E-state index in [1.165, 1.54) is 0 Å². The summed E-state index contributed by atoms with van der Waals surface area (Å²) in [6, 6.07) is 27.9. The Bertz CT molecular complexity index is 738. The zero-order valence-corrected chi connectivity index (χ0v) is 17.4. The van der Waals surface area contributed by atoms with Gasteiger partial charge in [-0.2, -0.15) is 0 Å². The first kappa shape index (κ1) is 19.8. The van der Waals surface area contributed by atoms with Gasteiger partial charge in [0, 0.05) is 23.6 Å². The molecule has 0 aliphatic rings. The molecule has 0 aromatic heterocycles. The van der Waals surface area contributed by atoms with Crippen LogP contribution in [-0.4, -0.2) is 12.4 Å². The summed E-state index contributed by atoms with van der Waals surface area (Å²) in [5, 5.41) is 0. The molecule has 0 fully saturated rings. The summed E-state index contributed by atoms with van der Waals surface area (Å²) in [7, 11) is 0. The van der Waals surface area contributed by atoms with E-state index in [2.05, 4.69) is 38.3 Å². The first-order valence-corrected chi connectivity index (χ1v) is 12.6. The number of benzene rings is 3. The minimum atomic E-state index is 0.942. The fraction of sp³-hybridized carbons (Fsp3) is 0. The second-order valence-corrected chi connectivity index (χ2v) is 10.1. The van der Waals surface area contributed by atoms with Gasteiger partial charge in [0.2, 0.25) is 0 Å². The number of aliphatic imine (C=N–C) groups is 2. The molecule has 0 saturated carbocycles. The molecule has 0 saturated heterocycles. The predicted molar refractivity (Wildman–Crippen MR) is 112 cm³/mol. The molecule has 129 valence electrons. The molecule has 3 rings (SSSR count). The van der Waals surface area contributed by atoms with Crippen LogP contribution in [0.25, 0.3) is 0 Å². The third kappa shape index (κ3) is 7.48. The molecule has 0 N–H and O–H groups in total. The van der Waals surface area contributed by atoms with Gasteiger partial charge in [0.05, 0.1) is 11.4 Å². The van der Waals surface area contributed by atoms with Crippen LogP contribution in [0.4, 0.5) is 11.4 Å². The molecular weight excluding hydrogens is 487 g/mol. The summed E-state index contributed by atoms with van der Waals surface area (Å²) in [6.07, 6.45) is 3.75. The van der Waals surface area contributed by atoms with Crippen LogP contribution in [0.1, 0.15) is 11.1 Å². The van der Waals surface area contributed by atoms with E-state index < -0.39 is 0 Å². The van der Waals surface area contributed by atoms with E-state index in [9.17, 15) is 0 Å². The molecule has 0 unspecified atom stereocenters. The molecule has 25 heavy (non-hydrogen) atoms. The zero-order valence-electron chi connectivity index (χ0n) is 13.2. The number of nitrogens with zero attached hydrogens (tertiary/aromatic N) is 2. The molecule has 3 aromatic carbocycles. The van der Waals surface area contributed by atoms with Crippen molar-refractivity contribution in [1.82, 2.24) is 0 Å². The fourth-order valence-corrected chi connectivity index (χ4v) is 2.06. The Hall–Kier alpha value is -1.53. The fourth-order valence-electron chi connectivity index (χ4n) is 2.06. The topological polar surface area (TPSA) is 24.7 Å². The van der Waals surface area contributed by atoms with Gasteiger partial charge in [0.1, 0.15) is 0 Å². The SMILES string of the molecule is C(=Nc1ccccc1)c1ccccc1C=Nc1ccccc1.[Br][Co][Br]. The van der Waals surface area contributed by atoms with E-state index in [1.54, 1.807) is 0 Å². The van der Waals surface area contributed by atoms with Gasteiger partial charge in [-0.15, -0.1) is 0 Å². The average Bonchev–Trinajstić information content (AvgIpc) is 2.68. The second-order valence-electron chi connectivity index (χ2n) is 4.86. The molecular formula is C20H16Br2CoN2. The van der Waals surface area contributed by atoms with Crippen molar-refractivity contribution < 1.29 is 11.1 Å². The first-order chi connectivity index (χ1) is 12.3. The van der Waals surface area contributed by atoms with E-state index in [0.717, 1.165) is 33.6 Å². The van der Waals surface area contributed by atoms with Crippen LogP contribution in [0.3, 0.4) is 0 Å². The second kappa shape index (κ2) is 11.9. The van der Waals surface area contributed by atoms with E-state index >= 15 is 0 Å². The molecule has 0 spiro atoms. The van der Waals surface area contributed by atoms with E-state index in [1.807, 2.05) is 97.4 Å². The molecule has 5 heteroatoms. The first-order valence-electron chi connectivity index (χ1n) is 7.44. The van der Waals surface area contributed by atoms with Crippen LogP contribution in [-0.2, 0) is 11.1 Å². The molecule has 0 radical (unpaired) electrons. The molecule has 3 aromatic rings. The van der Waals surface area contributed by atoms with Crippen molar-refractivity contribution in [3.05, 3.63) is 96.1 Å². The summed E-state index contributed by atoms with van der Waals surface area (Å²) < 4.78 is 0. The van der Waals surface area contributed by atoms with Gasteiger partial charge in [-0.25, -0.2) is 0 Å². The maximum absolute atomic E-state index is 4.51. The van der Waals surface area contributed by atoms with Gasteiger partial charge in [-0.3, -0.25) is 9.98 Å². The third-order valence-corrected chi connectivity index (χ3v) is 3.21. The Morgan fingerprint density at radius 2 is 0.880 bits per heavy atom. The van der Waals surface area contributed by atoms with Crippen LogP contribution in [0.15, 0.2) is 94.9 Å². The number of hydrogen-bond donors (Lipinski definition) is 0. The summed E-state index contributed by atoms with van der Waals surface area (Å²) in [6.45, 7) is 0. The standard InChI is InChI=1S/C20H16N2.2BrH.Co/c1-3-11-19(12-4-1)21-15-17-9-7-8-10-18(17)16-22-20-13-5-2-6-14-20;;;/h1-16H;2*1H;/q;;;+2/p-2. The van der Waals surface area contributed by atoms with Crippen LogP contribution in [0.2, 0.25) is 0 Å². The Morgan fingerprint density at radius 1 is 0.560 bits per heavy atom. The molecule has 2 nitrogen and oxygen atoms in total. The average molecular weight is 503 g/mol. The van der Waals surface area contributed by atoms with Gasteiger partial charge in [-0.05, 0) is 24.3 Å². The van der Waals surface area contributed by atoms with Gasteiger partial charge in [0.15, 0.2) is 0 Å². The molecule has 0 amide bonds. The van der Waals surface area contributed by atoms with E-state index in [-0.39, 0.29) is 0 Å². The molecule has 0 atom stereocenters. The van der Waals surface area contributed by atoms with E-state index in [4.69, 9.17) is 0 Å². The van der Waals surface area contributed by atoms with Crippen molar-refractivity contribution in [3.63, 3.8) is 0 Å². The molecule has 0 aliphatic carbocycles. The Kier molecular flexibility index (Phi) is 9.44. The van der Waals surface area contributed by atoms with Crippen LogP contribution in [0, 0.1) is 0 Å². The van der Waals surface area contributed by atoms with Crippen molar-refractivity contribution >= 4 is 52.1 Å². The number of halogens is 2. The Labute approximate surface area is 168 Å². The summed E-state index contributed by atoms with van der Waals surface area (Å²) in [5.74, 6) is 0. The Balaban J connectivity index is 0.000000701. The van der Waals surface area contributed by atoms with Crippen molar-refractivity contribution in [3.8, 4) is 0 Å². The van der Waals surface area contributed by atoms with Gasteiger partial charge >= 0.3 is 39.5 Å². The maximum atomic E-state index is 4.51. The van der Waals surface area contributed by atoms with Gasteiger partial charge in [0.25, 0.3) is 0 Å². The zero-order chi connectivity index (χ0) is 17.7. The van der Waals surface area contributed by atoms with Gasteiger partial charge in [-0.1, -0.05) is 60.7 Å². The minimum absolute atomic E-state index is 0.942. The molecule has 0 aliphatic heterocycles. The molecule has 0 heterocycles. The number of para-hydroxylation sites is 2. The van der Waals surface area contributed by atoms with Crippen molar-refractivity contribution in [2.75, 3.05) is 0 Å². The van der Waals surface area contributed by atoms with Crippen molar-refractivity contribution in [2.45, 2.75) is 0 Å². The van der Waals surface area contributed by atoms with Crippen LogP contribution >= 0.6 is 28.3 Å². The summed E-state index contributed by atoms with van der Waals surface area (Å²) in [5.41, 5.74) is 3.98. The van der Waals surface area contributed by atoms with Crippen LogP contribution < -0.4 is 0 Å².